The highest BCUT2D eigenvalue weighted by molar-refractivity contribution is 5.70. The Kier molecular flexibility index (Phi) is 4.70. The number of methoxy groups -OCH3 is 1. The van der Waals surface area contributed by atoms with Crippen molar-refractivity contribution in [3.05, 3.63) is 34.9 Å². The molecule has 1 aromatic carbocycles. The lowest BCUT2D eigenvalue weighted by Crippen LogP contribution is -2.27. The Morgan fingerprint density at radius 2 is 1.82 bits per heavy atom. The molecule has 0 radical (unpaired) electrons. The van der Waals surface area contributed by atoms with Gasteiger partial charge in [-0.05, 0) is 26.3 Å². The monoisotopic (exact) mass is 235 g/mol. The molecule has 0 aliphatic carbocycles. The summed E-state index contributed by atoms with van der Waals surface area (Å²) < 4.78 is 4.72. The van der Waals surface area contributed by atoms with Gasteiger partial charge in [-0.1, -0.05) is 29.3 Å². The zero-order valence-electron chi connectivity index (χ0n) is 11.0. The zero-order chi connectivity index (χ0) is 13.0. The molecule has 0 fully saturated rings. The van der Waals surface area contributed by atoms with E-state index in [1.807, 2.05) is 20.8 Å². The van der Waals surface area contributed by atoms with Crippen molar-refractivity contribution < 1.29 is 9.53 Å². The average molecular weight is 235 g/mol. The fourth-order valence-corrected chi connectivity index (χ4v) is 2.09. The molecule has 1 rings (SSSR count). The van der Waals surface area contributed by atoms with Crippen LogP contribution < -0.4 is 5.73 Å². The Morgan fingerprint density at radius 3 is 2.24 bits per heavy atom. The minimum Gasteiger partial charge on any atom is -0.469 e. The molecular weight excluding hydrogens is 214 g/mol. The largest absolute Gasteiger partial charge is 0.469 e. The van der Waals surface area contributed by atoms with E-state index in [1.54, 1.807) is 0 Å². The maximum absolute atomic E-state index is 11.4. The first kappa shape index (κ1) is 13.7. The van der Waals surface area contributed by atoms with Gasteiger partial charge in [-0.25, -0.2) is 0 Å². The molecular formula is C14H21NO2. The van der Waals surface area contributed by atoms with E-state index >= 15 is 0 Å². The number of rotatable bonds is 4. The lowest BCUT2D eigenvalue weighted by atomic mass is 9.88. The van der Waals surface area contributed by atoms with E-state index in [9.17, 15) is 4.79 Å². The van der Waals surface area contributed by atoms with Crippen LogP contribution in [-0.4, -0.2) is 19.1 Å². The van der Waals surface area contributed by atoms with E-state index in [1.165, 1.54) is 18.2 Å². The number of hydrogen-bond acceptors (Lipinski definition) is 3. The second-order valence-electron chi connectivity index (χ2n) is 4.67. The Balaban J connectivity index is 3.01. The van der Waals surface area contributed by atoms with E-state index in [2.05, 4.69) is 18.2 Å². The molecule has 94 valence electrons. The first-order chi connectivity index (χ1) is 7.93. The summed E-state index contributed by atoms with van der Waals surface area (Å²) in [5, 5.41) is 0. The molecule has 1 aromatic rings. The predicted octanol–water partition coefficient (Wildman–Crippen LogP) is 2.30. The number of ether oxygens (including phenoxy) is 1. The Labute approximate surface area is 103 Å². The van der Waals surface area contributed by atoms with Crippen molar-refractivity contribution in [1.29, 1.82) is 0 Å². The second-order valence-corrected chi connectivity index (χ2v) is 4.67. The van der Waals surface area contributed by atoms with Crippen LogP contribution in [0, 0.1) is 13.8 Å². The van der Waals surface area contributed by atoms with Crippen LogP contribution in [0.1, 0.15) is 36.0 Å². The number of nitrogens with two attached hydrogens (primary N) is 1. The van der Waals surface area contributed by atoms with E-state index in [-0.39, 0.29) is 17.9 Å². The topological polar surface area (TPSA) is 52.3 Å². The third-order valence-corrected chi connectivity index (χ3v) is 2.92. The van der Waals surface area contributed by atoms with Gasteiger partial charge in [0.1, 0.15) is 0 Å². The van der Waals surface area contributed by atoms with Crippen molar-refractivity contribution in [2.24, 2.45) is 5.73 Å². The summed E-state index contributed by atoms with van der Waals surface area (Å²) in [6, 6.07) is 6.21. The van der Waals surface area contributed by atoms with Crippen LogP contribution in [0.5, 0.6) is 0 Å². The van der Waals surface area contributed by atoms with Crippen molar-refractivity contribution in [3.8, 4) is 0 Å². The van der Waals surface area contributed by atoms with Gasteiger partial charge in [-0.3, -0.25) is 4.79 Å². The number of carbonyl (C=O) groups is 1. The van der Waals surface area contributed by atoms with Gasteiger partial charge in [0, 0.05) is 12.0 Å². The summed E-state index contributed by atoms with van der Waals surface area (Å²) in [6.45, 7) is 6.02. The number of benzene rings is 1. The fourth-order valence-electron chi connectivity index (χ4n) is 2.09. The van der Waals surface area contributed by atoms with Crippen LogP contribution in [0.15, 0.2) is 18.2 Å². The lowest BCUT2D eigenvalue weighted by molar-refractivity contribution is -0.141. The van der Waals surface area contributed by atoms with Crippen molar-refractivity contribution >= 4 is 5.97 Å². The Hall–Kier alpha value is -1.35. The first-order valence-electron chi connectivity index (χ1n) is 5.84. The van der Waals surface area contributed by atoms with Gasteiger partial charge in [-0.15, -0.1) is 0 Å². The molecule has 2 unspecified atom stereocenters. The van der Waals surface area contributed by atoms with Gasteiger partial charge in [0.25, 0.3) is 0 Å². The van der Waals surface area contributed by atoms with Crippen molar-refractivity contribution in [3.63, 3.8) is 0 Å². The predicted molar refractivity (Wildman–Crippen MR) is 68.9 cm³/mol. The molecule has 0 saturated carbocycles. The van der Waals surface area contributed by atoms with Crippen molar-refractivity contribution in [2.45, 2.75) is 39.2 Å². The maximum atomic E-state index is 11.4. The summed E-state index contributed by atoms with van der Waals surface area (Å²) in [6.07, 6.45) is 0.330. The summed E-state index contributed by atoms with van der Waals surface area (Å²) in [7, 11) is 1.40. The molecule has 0 spiro atoms. The standard InChI is InChI=1S/C14H21NO2/c1-9-5-10(2)7-12(6-9)13(11(3)15)8-14(16)17-4/h5-7,11,13H,8,15H2,1-4H3. The molecule has 0 aliphatic heterocycles. The number of carbonyl (C=O) groups excluding carboxylic acids is 1. The molecule has 0 saturated heterocycles. The molecule has 17 heavy (non-hydrogen) atoms. The minimum absolute atomic E-state index is 0.0149. The highest BCUT2D eigenvalue weighted by Gasteiger charge is 2.20. The van der Waals surface area contributed by atoms with E-state index in [0.29, 0.717) is 6.42 Å². The van der Waals surface area contributed by atoms with E-state index in [4.69, 9.17) is 10.5 Å². The Morgan fingerprint density at radius 1 is 1.29 bits per heavy atom. The summed E-state index contributed by atoms with van der Waals surface area (Å²) >= 11 is 0. The van der Waals surface area contributed by atoms with Gasteiger partial charge in [-0.2, -0.15) is 0 Å². The normalized spacial score (nSPS) is 14.2. The molecule has 0 heterocycles. The van der Waals surface area contributed by atoms with Crippen LogP contribution in [-0.2, 0) is 9.53 Å². The van der Waals surface area contributed by atoms with Crippen LogP contribution >= 0.6 is 0 Å². The van der Waals surface area contributed by atoms with Gasteiger partial charge < -0.3 is 10.5 Å². The van der Waals surface area contributed by atoms with Crippen molar-refractivity contribution in [2.75, 3.05) is 7.11 Å². The summed E-state index contributed by atoms with van der Waals surface area (Å²) in [5.74, 6) is -0.201. The quantitative estimate of drug-likeness (QED) is 0.815. The molecule has 2 atom stereocenters. The van der Waals surface area contributed by atoms with Crippen LogP contribution in [0.3, 0.4) is 0 Å². The van der Waals surface area contributed by atoms with E-state index in [0.717, 1.165) is 5.56 Å². The van der Waals surface area contributed by atoms with Crippen molar-refractivity contribution in [1.82, 2.24) is 0 Å². The molecule has 2 N–H and O–H groups in total. The van der Waals surface area contributed by atoms with Gasteiger partial charge >= 0.3 is 5.97 Å². The summed E-state index contributed by atoms with van der Waals surface area (Å²) in [4.78, 5) is 11.4. The second kappa shape index (κ2) is 5.82. The highest BCUT2D eigenvalue weighted by atomic mass is 16.5. The van der Waals surface area contributed by atoms with E-state index < -0.39 is 0 Å². The highest BCUT2D eigenvalue weighted by Crippen LogP contribution is 2.25. The number of esters is 1. The summed E-state index contributed by atoms with van der Waals surface area (Å²) in [5.41, 5.74) is 9.46. The fraction of sp³-hybridized carbons (Fsp3) is 0.500. The van der Waals surface area contributed by atoms with Crippen LogP contribution in [0.2, 0.25) is 0 Å². The molecule has 0 amide bonds. The smallest absolute Gasteiger partial charge is 0.306 e. The van der Waals surface area contributed by atoms with Crippen LogP contribution in [0.4, 0.5) is 0 Å². The SMILES string of the molecule is COC(=O)CC(c1cc(C)cc(C)c1)C(C)N. The number of hydrogen-bond donors (Lipinski definition) is 1. The van der Waals surface area contributed by atoms with Gasteiger partial charge in [0.2, 0.25) is 0 Å². The number of aryl methyl sites for hydroxylation is 2. The molecule has 0 bridgehead atoms. The maximum Gasteiger partial charge on any atom is 0.306 e. The minimum atomic E-state index is -0.216. The molecule has 3 heteroatoms. The van der Waals surface area contributed by atoms with Gasteiger partial charge in [0.05, 0.1) is 13.5 Å². The molecule has 0 aliphatic rings. The average Bonchev–Trinajstić information content (AvgIpc) is 2.23. The third kappa shape index (κ3) is 3.86. The van der Waals surface area contributed by atoms with Crippen LogP contribution in [0.25, 0.3) is 0 Å². The zero-order valence-corrected chi connectivity index (χ0v) is 11.0. The first-order valence-corrected chi connectivity index (χ1v) is 5.84. The Bertz CT molecular complexity index is 379. The lowest BCUT2D eigenvalue weighted by Gasteiger charge is -2.21. The third-order valence-electron chi connectivity index (χ3n) is 2.92. The molecule has 0 aromatic heterocycles. The molecule has 3 nitrogen and oxygen atoms in total. The van der Waals surface area contributed by atoms with Gasteiger partial charge in [0.15, 0.2) is 0 Å².